The van der Waals surface area contributed by atoms with Crippen LogP contribution in [-0.4, -0.2) is 43.7 Å². The van der Waals surface area contributed by atoms with Crippen molar-refractivity contribution in [3.05, 3.63) is 77.6 Å². The average molecular weight is 437 g/mol. The molecule has 3 aromatic rings. The molecule has 0 spiro atoms. The topological polar surface area (TPSA) is 70.1 Å². The second-order valence-corrected chi connectivity index (χ2v) is 7.08. The zero-order chi connectivity index (χ0) is 22.9. The lowest BCUT2D eigenvalue weighted by Gasteiger charge is -2.20. The van der Waals surface area contributed by atoms with E-state index in [0.29, 0.717) is 48.3 Å². The van der Waals surface area contributed by atoms with Crippen LogP contribution >= 0.6 is 0 Å². The molecule has 0 aliphatic heterocycles. The monoisotopic (exact) mass is 436 g/mol. The van der Waals surface area contributed by atoms with Gasteiger partial charge in [-0.25, -0.2) is 0 Å². The Hall–Kier alpha value is -3.74. The van der Waals surface area contributed by atoms with Crippen LogP contribution in [0.4, 0.5) is 0 Å². The third kappa shape index (κ3) is 5.69. The molecule has 0 saturated carbocycles. The van der Waals surface area contributed by atoms with Crippen LogP contribution < -0.4 is 18.9 Å². The molecule has 0 aliphatic rings. The first-order valence-corrected chi connectivity index (χ1v) is 10.3. The van der Waals surface area contributed by atoms with Gasteiger partial charge in [0.15, 0.2) is 11.5 Å². The number of hydrogen-bond acceptors (Lipinski definition) is 6. The predicted octanol–water partition coefficient (Wildman–Crippen LogP) is 4.35. The molecule has 0 bridgehead atoms. The number of benzene rings is 2. The van der Waals surface area contributed by atoms with Gasteiger partial charge in [0.25, 0.3) is 5.91 Å². The van der Waals surface area contributed by atoms with Crippen LogP contribution in [0.15, 0.2) is 60.9 Å². The Bertz CT molecular complexity index is 1040. The smallest absolute Gasteiger partial charge is 0.254 e. The van der Waals surface area contributed by atoms with Gasteiger partial charge >= 0.3 is 0 Å². The summed E-state index contributed by atoms with van der Waals surface area (Å²) in [5.74, 6) is 2.34. The van der Waals surface area contributed by atoms with Crippen LogP contribution in [0.2, 0.25) is 0 Å². The number of methoxy groups -OCH3 is 2. The van der Waals surface area contributed by atoms with Crippen molar-refractivity contribution < 1.29 is 23.7 Å². The highest BCUT2D eigenvalue weighted by molar-refractivity contribution is 5.94. The molecule has 1 aromatic heterocycles. The quantitative estimate of drug-likeness (QED) is 0.471. The highest BCUT2D eigenvalue weighted by Crippen LogP contribution is 2.30. The first kappa shape index (κ1) is 22.9. The molecular formula is C25H28N2O5. The fourth-order valence-electron chi connectivity index (χ4n) is 3.20. The number of carbonyl (C=O) groups is 1. The number of rotatable bonds is 10. The van der Waals surface area contributed by atoms with Gasteiger partial charge in [-0.1, -0.05) is 0 Å². The Morgan fingerprint density at radius 2 is 1.69 bits per heavy atom. The van der Waals surface area contributed by atoms with E-state index in [4.69, 9.17) is 18.9 Å². The summed E-state index contributed by atoms with van der Waals surface area (Å²) in [4.78, 5) is 18.7. The van der Waals surface area contributed by atoms with Gasteiger partial charge in [0, 0.05) is 43.2 Å². The van der Waals surface area contributed by atoms with Gasteiger partial charge in [-0.05, 0) is 55.0 Å². The Balaban J connectivity index is 1.74. The van der Waals surface area contributed by atoms with Crippen molar-refractivity contribution in [2.45, 2.75) is 20.1 Å². The molecular weight excluding hydrogens is 408 g/mol. The van der Waals surface area contributed by atoms with Crippen LogP contribution in [0, 0.1) is 0 Å². The summed E-state index contributed by atoms with van der Waals surface area (Å²) in [7, 11) is 4.95. The largest absolute Gasteiger partial charge is 0.497 e. The lowest BCUT2D eigenvalue weighted by atomic mass is 10.1. The summed E-state index contributed by atoms with van der Waals surface area (Å²) in [6, 6.07) is 14.5. The molecule has 0 unspecified atom stereocenters. The van der Waals surface area contributed by atoms with Crippen molar-refractivity contribution in [1.29, 1.82) is 0 Å². The standard InChI is InChI=1S/C25H28N2O5/c1-5-31-24-14-19(7-9-22(24)32-17-18-10-12-26-13-11-18)25(28)27(2)16-20-6-8-21(29-3)15-23(20)30-4/h6-15H,5,16-17H2,1-4H3. The molecule has 0 atom stereocenters. The second kappa shape index (κ2) is 11.0. The molecule has 0 aliphatic carbocycles. The van der Waals surface area contributed by atoms with E-state index in [9.17, 15) is 4.79 Å². The minimum absolute atomic E-state index is 0.135. The minimum atomic E-state index is -0.135. The molecule has 32 heavy (non-hydrogen) atoms. The summed E-state index contributed by atoms with van der Waals surface area (Å²) in [5, 5.41) is 0. The molecule has 7 heteroatoms. The minimum Gasteiger partial charge on any atom is -0.497 e. The summed E-state index contributed by atoms with van der Waals surface area (Å²) in [6.07, 6.45) is 3.44. The van der Waals surface area contributed by atoms with E-state index in [1.807, 2.05) is 31.2 Å². The van der Waals surface area contributed by atoms with Gasteiger partial charge in [-0.3, -0.25) is 9.78 Å². The number of nitrogens with zero attached hydrogens (tertiary/aromatic N) is 2. The molecule has 0 radical (unpaired) electrons. The fourth-order valence-corrected chi connectivity index (χ4v) is 3.20. The Morgan fingerprint density at radius 1 is 0.906 bits per heavy atom. The lowest BCUT2D eigenvalue weighted by Crippen LogP contribution is -2.26. The Morgan fingerprint density at radius 3 is 2.38 bits per heavy atom. The first-order chi connectivity index (χ1) is 15.5. The maximum atomic E-state index is 13.1. The molecule has 0 N–H and O–H groups in total. The maximum Gasteiger partial charge on any atom is 0.254 e. The van der Waals surface area contributed by atoms with Crippen LogP contribution in [-0.2, 0) is 13.2 Å². The number of pyridine rings is 1. The molecule has 1 amide bonds. The number of amides is 1. The average Bonchev–Trinajstić information content (AvgIpc) is 2.83. The van der Waals surface area contributed by atoms with Crippen LogP contribution in [0.1, 0.15) is 28.4 Å². The summed E-state index contributed by atoms with van der Waals surface area (Å²) < 4.78 is 22.3. The van der Waals surface area contributed by atoms with Crippen molar-refractivity contribution in [2.75, 3.05) is 27.9 Å². The van der Waals surface area contributed by atoms with Crippen LogP contribution in [0.3, 0.4) is 0 Å². The lowest BCUT2D eigenvalue weighted by molar-refractivity contribution is 0.0783. The van der Waals surface area contributed by atoms with E-state index >= 15 is 0 Å². The van der Waals surface area contributed by atoms with E-state index in [2.05, 4.69) is 4.98 Å². The van der Waals surface area contributed by atoms with E-state index in [-0.39, 0.29) is 5.91 Å². The van der Waals surface area contributed by atoms with Crippen molar-refractivity contribution in [3.8, 4) is 23.0 Å². The van der Waals surface area contributed by atoms with Gasteiger partial charge in [0.1, 0.15) is 18.1 Å². The number of aromatic nitrogens is 1. The van der Waals surface area contributed by atoms with Crippen molar-refractivity contribution in [3.63, 3.8) is 0 Å². The summed E-state index contributed by atoms with van der Waals surface area (Å²) in [5.41, 5.74) is 2.39. The van der Waals surface area contributed by atoms with Gasteiger partial charge in [0.2, 0.25) is 0 Å². The summed E-state index contributed by atoms with van der Waals surface area (Å²) in [6.45, 7) is 3.12. The maximum absolute atomic E-state index is 13.1. The van der Waals surface area contributed by atoms with Gasteiger partial charge < -0.3 is 23.8 Å². The van der Waals surface area contributed by atoms with Gasteiger partial charge in [-0.2, -0.15) is 0 Å². The number of carbonyl (C=O) groups excluding carboxylic acids is 1. The van der Waals surface area contributed by atoms with Crippen molar-refractivity contribution >= 4 is 5.91 Å². The van der Waals surface area contributed by atoms with E-state index < -0.39 is 0 Å². The normalized spacial score (nSPS) is 10.4. The zero-order valence-corrected chi connectivity index (χ0v) is 18.8. The van der Waals surface area contributed by atoms with Crippen LogP contribution in [0.25, 0.3) is 0 Å². The molecule has 0 saturated heterocycles. The molecule has 0 fully saturated rings. The summed E-state index contributed by atoms with van der Waals surface area (Å²) >= 11 is 0. The molecule has 2 aromatic carbocycles. The third-order valence-corrected chi connectivity index (χ3v) is 4.88. The Labute approximate surface area is 188 Å². The molecule has 168 valence electrons. The van der Waals surface area contributed by atoms with E-state index in [1.54, 1.807) is 62.8 Å². The zero-order valence-electron chi connectivity index (χ0n) is 18.8. The van der Waals surface area contributed by atoms with E-state index in [0.717, 1.165) is 11.1 Å². The van der Waals surface area contributed by atoms with Gasteiger partial charge in [-0.15, -0.1) is 0 Å². The van der Waals surface area contributed by atoms with E-state index in [1.165, 1.54) is 0 Å². The highest BCUT2D eigenvalue weighted by atomic mass is 16.5. The predicted molar refractivity (Wildman–Crippen MR) is 122 cm³/mol. The first-order valence-electron chi connectivity index (χ1n) is 10.3. The highest BCUT2D eigenvalue weighted by Gasteiger charge is 2.17. The Kier molecular flexibility index (Phi) is 7.91. The number of hydrogen-bond donors (Lipinski definition) is 0. The van der Waals surface area contributed by atoms with Crippen molar-refractivity contribution in [2.24, 2.45) is 0 Å². The molecule has 7 nitrogen and oxygen atoms in total. The second-order valence-electron chi connectivity index (χ2n) is 7.08. The third-order valence-electron chi connectivity index (χ3n) is 4.88. The van der Waals surface area contributed by atoms with Crippen LogP contribution in [0.5, 0.6) is 23.0 Å². The number of ether oxygens (including phenoxy) is 4. The molecule has 1 heterocycles. The SMILES string of the molecule is CCOc1cc(C(=O)N(C)Cc2ccc(OC)cc2OC)ccc1OCc1ccncc1. The van der Waals surface area contributed by atoms with Gasteiger partial charge in [0.05, 0.1) is 20.8 Å². The molecule has 3 rings (SSSR count). The van der Waals surface area contributed by atoms with Crippen molar-refractivity contribution in [1.82, 2.24) is 9.88 Å². The fraction of sp³-hybridized carbons (Fsp3) is 0.280.